The van der Waals surface area contributed by atoms with Crippen molar-refractivity contribution in [2.45, 2.75) is 12.8 Å². The Bertz CT molecular complexity index is 414. The topological polar surface area (TPSA) is 92.4 Å². The van der Waals surface area contributed by atoms with Crippen LogP contribution in [0.2, 0.25) is 5.02 Å². The van der Waals surface area contributed by atoms with Crippen molar-refractivity contribution in [1.82, 2.24) is 5.32 Å². The van der Waals surface area contributed by atoms with E-state index in [4.69, 9.17) is 22.4 Å². The zero-order valence-corrected chi connectivity index (χ0v) is 9.83. The van der Waals surface area contributed by atoms with Crippen LogP contribution in [-0.2, 0) is 4.79 Å². The first-order chi connectivity index (χ1) is 7.99. The van der Waals surface area contributed by atoms with Crippen LogP contribution in [0.5, 0.6) is 0 Å². The number of carbonyl (C=O) groups excluding carboxylic acids is 1. The number of carboxylic acid groups (broad SMARTS) is 1. The third kappa shape index (κ3) is 4.74. The third-order valence-corrected chi connectivity index (χ3v) is 2.25. The monoisotopic (exact) mass is 256 g/mol. The Balaban J connectivity index is 2.49. The smallest absolute Gasteiger partial charge is 0.303 e. The SMILES string of the molecule is Nc1cc(Cl)cc(C(=O)NCCCC(=O)O)c1. The van der Waals surface area contributed by atoms with Crippen molar-refractivity contribution in [3.63, 3.8) is 0 Å². The molecular weight excluding hydrogens is 244 g/mol. The van der Waals surface area contributed by atoms with E-state index in [0.717, 1.165) is 0 Å². The number of carboxylic acids is 1. The van der Waals surface area contributed by atoms with Crippen molar-refractivity contribution in [2.75, 3.05) is 12.3 Å². The van der Waals surface area contributed by atoms with E-state index in [9.17, 15) is 9.59 Å². The maximum atomic E-state index is 11.6. The van der Waals surface area contributed by atoms with E-state index >= 15 is 0 Å². The number of aliphatic carboxylic acids is 1. The van der Waals surface area contributed by atoms with Crippen molar-refractivity contribution >= 4 is 29.2 Å². The Hall–Kier alpha value is -1.75. The standard InChI is InChI=1S/C11H13ClN2O3/c12-8-4-7(5-9(13)6-8)11(17)14-3-1-2-10(15)16/h4-6H,1-3,13H2,(H,14,17)(H,15,16). The number of hydrogen-bond acceptors (Lipinski definition) is 3. The number of benzene rings is 1. The van der Waals surface area contributed by atoms with Gasteiger partial charge in [0.05, 0.1) is 0 Å². The van der Waals surface area contributed by atoms with E-state index < -0.39 is 5.97 Å². The first-order valence-electron chi connectivity index (χ1n) is 5.05. The van der Waals surface area contributed by atoms with E-state index in [0.29, 0.717) is 29.2 Å². The predicted molar refractivity (Wildman–Crippen MR) is 65.1 cm³/mol. The van der Waals surface area contributed by atoms with Crippen LogP contribution in [0.25, 0.3) is 0 Å². The summed E-state index contributed by atoms with van der Waals surface area (Å²) in [7, 11) is 0. The number of amides is 1. The molecule has 0 bridgehead atoms. The number of nitrogen functional groups attached to an aromatic ring is 1. The second-order valence-electron chi connectivity index (χ2n) is 3.53. The van der Waals surface area contributed by atoms with Gasteiger partial charge in [-0.25, -0.2) is 0 Å². The number of nitrogens with two attached hydrogens (primary N) is 1. The fourth-order valence-corrected chi connectivity index (χ4v) is 1.53. The van der Waals surface area contributed by atoms with Crippen molar-refractivity contribution < 1.29 is 14.7 Å². The van der Waals surface area contributed by atoms with Gasteiger partial charge in [-0.3, -0.25) is 9.59 Å². The molecule has 0 atom stereocenters. The van der Waals surface area contributed by atoms with Crippen LogP contribution in [0.1, 0.15) is 23.2 Å². The fraction of sp³-hybridized carbons (Fsp3) is 0.273. The largest absolute Gasteiger partial charge is 0.481 e. The van der Waals surface area contributed by atoms with Crippen LogP contribution in [0.4, 0.5) is 5.69 Å². The quantitative estimate of drug-likeness (QED) is 0.550. The van der Waals surface area contributed by atoms with E-state index in [1.807, 2.05) is 0 Å². The predicted octanol–water partition coefficient (Wildman–Crippen LogP) is 1.52. The van der Waals surface area contributed by atoms with Gasteiger partial charge in [-0.1, -0.05) is 11.6 Å². The molecule has 0 aliphatic carbocycles. The van der Waals surface area contributed by atoms with Gasteiger partial charge in [0.2, 0.25) is 0 Å². The Morgan fingerprint density at radius 1 is 1.35 bits per heavy atom. The zero-order valence-electron chi connectivity index (χ0n) is 9.07. The number of halogens is 1. The van der Waals surface area contributed by atoms with Gasteiger partial charge < -0.3 is 16.2 Å². The average molecular weight is 257 g/mol. The molecule has 0 aliphatic rings. The summed E-state index contributed by atoms with van der Waals surface area (Å²) in [5.41, 5.74) is 6.33. The van der Waals surface area contributed by atoms with Crippen molar-refractivity contribution in [2.24, 2.45) is 0 Å². The van der Waals surface area contributed by atoms with Gasteiger partial charge in [-0.2, -0.15) is 0 Å². The number of carbonyl (C=O) groups is 2. The van der Waals surface area contributed by atoms with Gasteiger partial charge in [-0.05, 0) is 24.6 Å². The maximum absolute atomic E-state index is 11.6. The molecule has 5 nitrogen and oxygen atoms in total. The lowest BCUT2D eigenvalue weighted by Gasteiger charge is -2.05. The molecule has 0 radical (unpaired) electrons. The van der Waals surface area contributed by atoms with Gasteiger partial charge >= 0.3 is 5.97 Å². The van der Waals surface area contributed by atoms with Crippen molar-refractivity contribution in [3.8, 4) is 0 Å². The molecule has 0 aliphatic heterocycles. The van der Waals surface area contributed by atoms with Crippen LogP contribution >= 0.6 is 11.6 Å². The Labute approximate surface area is 104 Å². The summed E-state index contributed by atoms with van der Waals surface area (Å²) in [5.74, 6) is -1.20. The summed E-state index contributed by atoms with van der Waals surface area (Å²) in [6.45, 7) is 0.303. The number of nitrogens with one attached hydrogen (secondary N) is 1. The summed E-state index contributed by atoms with van der Waals surface area (Å²) < 4.78 is 0. The zero-order chi connectivity index (χ0) is 12.8. The Morgan fingerprint density at radius 3 is 2.65 bits per heavy atom. The molecule has 1 amide bonds. The number of rotatable bonds is 5. The van der Waals surface area contributed by atoms with Gasteiger partial charge in [-0.15, -0.1) is 0 Å². The molecule has 1 aromatic rings. The lowest BCUT2D eigenvalue weighted by atomic mass is 10.2. The summed E-state index contributed by atoms with van der Waals surface area (Å²) >= 11 is 5.76. The summed E-state index contributed by atoms with van der Waals surface area (Å²) in [5, 5.41) is 11.4. The molecule has 92 valence electrons. The molecule has 6 heteroatoms. The van der Waals surface area contributed by atoms with E-state index in [1.54, 1.807) is 6.07 Å². The van der Waals surface area contributed by atoms with Gasteiger partial charge in [0.15, 0.2) is 0 Å². The van der Waals surface area contributed by atoms with Gasteiger partial charge in [0, 0.05) is 29.2 Å². The minimum atomic E-state index is -0.883. The summed E-state index contributed by atoms with van der Waals surface area (Å²) in [6, 6.07) is 4.56. The third-order valence-electron chi connectivity index (χ3n) is 2.04. The van der Waals surface area contributed by atoms with E-state index in [2.05, 4.69) is 5.32 Å². The first kappa shape index (κ1) is 13.3. The molecule has 0 saturated carbocycles. The summed E-state index contributed by atoms with van der Waals surface area (Å²) in [6.07, 6.45) is 0.412. The van der Waals surface area contributed by atoms with Gasteiger partial charge in [0.1, 0.15) is 0 Å². The Kier molecular flexibility index (Phi) is 4.78. The number of anilines is 1. The van der Waals surface area contributed by atoms with Crippen molar-refractivity contribution in [1.29, 1.82) is 0 Å². The molecule has 17 heavy (non-hydrogen) atoms. The normalized spacial score (nSPS) is 9.94. The molecule has 0 heterocycles. The molecule has 1 aromatic carbocycles. The molecule has 0 saturated heterocycles. The first-order valence-corrected chi connectivity index (χ1v) is 5.43. The van der Waals surface area contributed by atoms with E-state index in [-0.39, 0.29) is 12.3 Å². The molecule has 0 spiro atoms. The molecular formula is C11H13ClN2O3. The number of hydrogen-bond donors (Lipinski definition) is 3. The highest BCUT2D eigenvalue weighted by atomic mass is 35.5. The highest BCUT2D eigenvalue weighted by Gasteiger charge is 2.07. The van der Waals surface area contributed by atoms with Crippen molar-refractivity contribution in [3.05, 3.63) is 28.8 Å². The van der Waals surface area contributed by atoms with Crippen LogP contribution in [0, 0.1) is 0 Å². The maximum Gasteiger partial charge on any atom is 0.303 e. The lowest BCUT2D eigenvalue weighted by Crippen LogP contribution is -2.25. The average Bonchev–Trinajstić information content (AvgIpc) is 2.22. The minimum Gasteiger partial charge on any atom is -0.481 e. The molecule has 1 rings (SSSR count). The second-order valence-corrected chi connectivity index (χ2v) is 3.96. The second kappa shape index (κ2) is 6.10. The summed E-state index contributed by atoms with van der Waals surface area (Å²) in [4.78, 5) is 21.9. The molecule has 0 unspecified atom stereocenters. The lowest BCUT2D eigenvalue weighted by molar-refractivity contribution is -0.137. The van der Waals surface area contributed by atoms with E-state index in [1.165, 1.54) is 12.1 Å². The Morgan fingerprint density at radius 2 is 2.06 bits per heavy atom. The van der Waals surface area contributed by atoms with Crippen LogP contribution in [0.15, 0.2) is 18.2 Å². The van der Waals surface area contributed by atoms with Crippen LogP contribution < -0.4 is 11.1 Å². The fourth-order valence-electron chi connectivity index (χ4n) is 1.29. The minimum absolute atomic E-state index is 0.0258. The van der Waals surface area contributed by atoms with Crippen LogP contribution in [0.3, 0.4) is 0 Å². The van der Waals surface area contributed by atoms with Gasteiger partial charge in [0.25, 0.3) is 5.91 Å². The molecule has 0 fully saturated rings. The highest BCUT2D eigenvalue weighted by Crippen LogP contribution is 2.16. The molecule has 0 aromatic heterocycles. The molecule has 4 N–H and O–H groups in total. The van der Waals surface area contributed by atoms with Crippen LogP contribution in [-0.4, -0.2) is 23.5 Å². The highest BCUT2D eigenvalue weighted by molar-refractivity contribution is 6.31.